The van der Waals surface area contributed by atoms with Crippen molar-refractivity contribution in [1.82, 2.24) is 10.2 Å². The summed E-state index contributed by atoms with van der Waals surface area (Å²) < 4.78 is 28.5. The van der Waals surface area contributed by atoms with Gasteiger partial charge in [-0.1, -0.05) is 48.0 Å². The van der Waals surface area contributed by atoms with E-state index in [0.717, 1.165) is 30.8 Å². The molecule has 1 heterocycles. The van der Waals surface area contributed by atoms with E-state index in [1.807, 2.05) is 31.2 Å². The average Bonchev–Trinajstić information content (AvgIpc) is 3.33. The number of anilines is 1. The van der Waals surface area contributed by atoms with Gasteiger partial charge in [-0.2, -0.15) is 0 Å². The molecule has 1 fully saturated rings. The molecule has 34 heavy (non-hydrogen) atoms. The van der Waals surface area contributed by atoms with Crippen molar-refractivity contribution in [2.24, 2.45) is 0 Å². The monoisotopic (exact) mass is 477 g/mol. The van der Waals surface area contributed by atoms with E-state index in [2.05, 4.69) is 27.1 Å². The number of rotatable bonds is 8. The van der Waals surface area contributed by atoms with Gasteiger partial charge < -0.3 is 5.32 Å². The van der Waals surface area contributed by atoms with Gasteiger partial charge in [-0.05, 0) is 80.7 Å². The topological polar surface area (TPSA) is 78.5 Å². The number of hydrogen-bond acceptors (Lipinski definition) is 4. The summed E-state index contributed by atoms with van der Waals surface area (Å²) in [6.07, 6.45) is 2.54. The summed E-state index contributed by atoms with van der Waals surface area (Å²) in [6.45, 7) is 7.31. The number of carbonyl (C=O) groups is 1. The first kappa shape index (κ1) is 24.0. The number of benzene rings is 3. The molecule has 0 atom stereocenters. The molecule has 0 spiro atoms. The molecule has 3 aromatic carbocycles. The summed E-state index contributed by atoms with van der Waals surface area (Å²) in [5.74, 6) is -0.312. The minimum Gasteiger partial charge on any atom is -0.348 e. The van der Waals surface area contributed by atoms with Gasteiger partial charge in [0.15, 0.2) is 0 Å². The van der Waals surface area contributed by atoms with Crippen LogP contribution in [0.2, 0.25) is 0 Å². The Morgan fingerprint density at radius 3 is 2.21 bits per heavy atom. The molecule has 3 aromatic rings. The van der Waals surface area contributed by atoms with Crippen molar-refractivity contribution in [1.29, 1.82) is 0 Å². The zero-order valence-electron chi connectivity index (χ0n) is 19.7. The van der Waals surface area contributed by atoms with Crippen molar-refractivity contribution in [2.75, 3.05) is 17.8 Å². The molecular formula is C27H31N3O3S. The van der Waals surface area contributed by atoms with Crippen LogP contribution in [0.5, 0.6) is 0 Å². The zero-order valence-corrected chi connectivity index (χ0v) is 20.5. The second-order valence-corrected chi connectivity index (χ2v) is 10.6. The lowest BCUT2D eigenvalue weighted by Gasteiger charge is -2.15. The molecular weight excluding hydrogens is 446 g/mol. The maximum atomic E-state index is 13.0. The number of amides is 1. The molecule has 0 aliphatic carbocycles. The van der Waals surface area contributed by atoms with Crippen LogP contribution in [-0.2, 0) is 23.1 Å². The van der Waals surface area contributed by atoms with E-state index in [0.29, 0.717) is 23.4 Å². The van der Waals surface area contributed by atoms with Crippen LogP contribution < -0.4 is 10.0 Å². The molecule has 1 saturated heterocycles. The number of nitrogens with zero attached hydrogens (tertiary/aromatic N) is 1. The lowest BCUT2D eigenvalue weighted by atomic mass is 10.1. The molecule has 1 aliphatic rings. The van der Waals surface area contributed by atoms with Gasteiger partial charge in [0.1, 0.15) is 0 Å². The van der Waals surface area contributed by atoms with Gasteiger partial charge in [0.25, 0.3) is 15.9 Å². The summed E-state index contributed by atoms with van der Waals surface area (Å²) in [7, 11) is -3.83. The second kappa shape index (κ2) is 10.4. The number of likely N-dealkylation sites (tertiary alicyclic amines) is 1. The van der Waals surface area contributed by atoms with Crippen LogP contribution in [0.25, 0.3) is 0 Å². The minimum atomic E-state index is -3.83. The van der Waals surface area contributed by atoms with Crippen LogP contribution in [-0.4, -0.2) is 32.3 Å². The Hall–Kier alpha value is -3.16. The van der Waals surface area contributed by atoms with Gasteiger partial charge in [-0.3, -0.25) is 14.4 Å². The van der Waals surface area contributed by atoms with E-state index in [4.69, 9.17) is 0 Å². The highest BCUT2D eigenvalue weighted by Crippen LogP contribution is 2.21. The summed E-state index contributed by atoms with van der Waals surface area (Å²) in [6, 6.07) is 20.1. The molecule has 0 saturated carbocycles. The van der Waals surface area contributed by atoms with Gasteiger partial charge in [-0.15, -0.1) is 0 Å². The van der Waals surface area contributed by atoms with Gasteiger partial charge in [0.05, 0.1) is 4.90 Å². The molecule has 2 N–H and O–H groups in total. The largest absolute Gasteiger partial charge is 0.348 e. The maximum Gasteiger partial charge on any atom is 0.262 e. The van der Waals surface area contributed by atoms with Crippen molar-refractivity contribution < 1.29 is 13.2 Å². The van der Waals surface area contributed by atoms with Crippen molar-refractivity contribution in [2.45, 2.75) is 44.7 Å². The zero-order chi connectivity index (χ0) is 24.1. The van der Waals surface area contributed by atoms with E-state index in [1.165, 1.54) is 24.5 Å². The maximum absolute atomic E-state index is 13.0. The number of sulfonamides is 1. The smallest absolute Gasteiger partial charge is 0.262 e. The lowest BCUT2D eigenvalue weighted by Crippen LogP contribution is -2.23. The molecule has 0 bridgehead atoms. The van der Waals surface area contributed by atoms with Gasteiger partial charge in [0, 0.05) is 24.3 Å². The van der Waals surface area contributed by atoms with E-state index in [1.54, 1.807) is 31.2 Å². The number of hydrogen-bond donors (Lipinski definition) is 2. The fourth-order valence-electron chi connectivity index (χ4n) is 4.11. The van der Waals surface area contributed by atoms with Crippen LogP contribution in [0.4, 0.5) is 5.69 Å². The SMILES string of the molecule is Cc1ccc(NS(=O)(=O)c2cc(C(=O)NCc3ccc(CN4CCCC4)cc3)ccc2C)cc1. The quantitative estimate of drug-likeness (QED) is 0.496. The first-order chi connectivity index (χ1) is 16.3. The third-order valence-corrected chi connectivity index (χ3v) is 7.65. The average molecular weight is 478 g/mol. The van der Waals surface area contributed by atoms with Crippen molar-refractivity contribution >= 4 is 21.6 Å². The third-order valence-electron chi connectivity index (χ3n) is 6.12. The summed E-state index contributed by atoms with van der Waals surface area (Å²) in [5, 5.41) is 2.90. The molecule has 1 amide bonds. The summed E-state index contributed by atoms with van der Waals surface area (Å²) >= 11 is 0. The first-order valence-corrected chi connectivity index (χ1v) is 13.1. The van der Waals surface area contributed by atoms with Crippen molar-refractivity contribution in [3.05, 3.63) is 94.5 Å². The van der Waals surface area contributed by atoms with E-state index in [9.17, 15) is 13.2 Å². The Labute approximate surface area is 202 Å². The van der Waals surface area contributed by atoms with Crippen molar-refractivity contribution in [3.8, 4) is 0 Å². The lowest BCUT2D eigenvalue weighted by molar-refractivity contribution is 0.0950. The van der Waals surface area contributed by atoms with E-state index in [-0.39, 0.29) is 10.8 Å². The van der Waals surface area contributed by atoms with Crippen LogP contribution in [0.3, 0.4) is 0 Å². The van der Waals surface area contributed by atoms with E-state index < -0.39 is 10.0 Å². The first-order valence-electron chi connectivity index (χ1n) is 11.6. The van der Waals surface area contributed by atoms with E-state index >= 15 is 0 Å². The third kappa shape index (κ3) is 6.04. The number of carbonyl (C=O) groups excluding carboxylic acids is 1. The summed E-state index contributed by atoms with van der Waals surface area (Å²) in [5.41, 5.74) is 4.67. The molecule has 178 valence electrons. The highest BCUT2D eigenvalue weighted by molar-refractivity contribution is 7.92. The Balaban J connectivity index is 1.40. The molecule has 0 radical (unpaired) electrons. The molecule has 0 unspecified atom stereocenters. The number of nitrogens with one attached hydrogen (secondary N) is 2. The standard InChI is InChI=1S/C27H31N3O3S/c1-20-5-13-25(14-6-20)29-34(32,33)26-17-24(12-7-21(26)2)27(31)28-18-22-8-10-23(11-9-22)19-30-15-3-4-16-30/h5-14,17,29H,3-4,15-16,18-19H2,1-2H3,(H,28,31). The normalized spacial score (nSPS) is 14.2. The molecule has 7 heteroatoms. The molecule has 1 aliphatic heterocycles. The second-order valence-electron chi connectivity index (χ2n) is 8.93. The van der Waals surface area contributed by atoms with Crippen LogP contribution in [0.1, 0.15) is 45.5 Å². The van der Waals surface area contributed by atoms with Crippen LogP contribution in [0.15, 0.2) is 71.6 Å². The summed E-state index contributed by atoms with van der Waals surface area (Å²) in [4.78, 5) is 15.3. The fraction of sp³-hybridized carbons (Fsp3) is 0.296. The Kier molecular flexibility index (Phi) is 7.34. The van der Waals surface area contributed by atoms with Gasteiger partial charge in [-0.25, -0.2) is 8.42 Å². The van der Waals surface area contributed by atoms with Gasteiger partial charge >= 0.3 is 0 Å². The van der Waals surface area contributed by atoms with Crippen LogP contribution >= 0.6 is 0 Å². The Bertz CT molecular complexity index is 1250. The Morgan fingerprint density at radius 2 is 1.53 bits per heavy atom. The molecule has 4 rings (SSSR count). The Morgan fingerprint density at radius 1 is 0.882 bits per heavy atom. The predicted octanol–water partition coefficient (Wildman–Crippen LogP) is 4.63. The van der Waals surface area contributed by atoms with Crippen LogP contribution in [0, 0.1) is 13.8 Å². The highest BCUT2D eigenvalue weighted by Gasteiger charge is 2.19. The van der Waals surface area contributed by atoms with Crippen molar-refractivity contribution in [3.63, 3.8) is 0 Å². The van der Waals surface area contributed by atoms with Gasteiger partial charge in [0.2, 0.25) is 0 Å². The highest BCUT2D eigenvalue weighted by atomic mass is 32.2. The predicted molar refractivity (Wildman–Crippen MR) is 135 cm³/mol. The molecule has 6 nitrogen and oxygen atoms in total. The number of aryl methyl sites for hydroxylation is 2. The molecule has 0 aromatic heterocycles. The fourth-order valence-corrected chi connectivity index (χ4v) is 5.44. The minimum absolute atomic E-state index is 0.0898.